The highest BCUT2D eigenvalue weighted by Gasteiger charge is 2.54. The first-order valence-electron chi connectivity index (χ1n) is 17.7. The number of alkyl halides is 2. The third kappa shape index (κ3) is 6.38. The molecule has 0 radical (unpaired) electrons. The first-order valence-corrected chi connectivity index (χ1v) is 18.1. The Balaban J connectivity index is 1.26. The number of benzene rings is 2. The number of carbonyl (C=O) groups excluding carboxylic acids is 1. The summed E-state index contributed by atoms with van der Waals surface area (Å²) in [6, 6.07) is 10.3. The van der Waals surface area contributed by atoms with Crippen LogP contribution in [0.5, 0.6) is 0 Å². The number of carbonyl (C=O) groups is 1. The molecule has 2 aromatic heterocycles. The second-order valence-corrected chi connectivity index (χ2v) is 15.7. The van der Waals surface area contributed by atoms with Crippen LogP contribution in [0.25, 0.3) is 22.3 Å². The number of aromatic nitrogens is 3. The summed E-state index contributed by atoms with van der Waals surface area (Å²) in [5.74, 6) is -0.311. The van der Waals surface area contributed by atoms with Crippen molar-refractivity contribution >= 4 is 45.7 Å². The van der Waals surface area contributed by atoms with Gasteiger partial charge in [0.1, 0.15) is 17.6 Å². The Labute approximate surface area is 301 Å². The first-order chi connectivity index (χ1) is 24.2. The summed E-state index contributed by atoms with van der Waals surface area (Å²) in [7, 11) is 0. The highest BCUT2D eigenvalue weighted by molar-refractivity contribution is 6.31. The predicted octanol–water partition coefficient (Wildman–Crippen LogP) is 8.09. The monoisotopic (exact) mass is 723 g/mol. The maximum Gasteiger partial charge on any atom is 0.250 e. The van der Waals surface area contributed by atoms with Gasteiger partial charge >= 0.3 is 0 Å². The number of aliphatic hydroxyl groups excluding tert-OH is 1. The molecule has 7 rings (SSSR count). The number of rotatable bonds is 10. The lowest BCUT2D eigenvalue weighted by molar-refractivity contribution is -0.123. The topological polar surface area (TPSA) is 98.6 Å². The number of nitrogens with one attached hydrogen (secondary N) is 2. The molecule has 1 aliphatic carbocycles. The number of piperidine rings is 1. The molecule has 51 heavy (non-hydrogen) atoms. The lowest BCUT2D eigenvalue weighted by atomic mass is 9.71. The number of pyridine rings is 1. The number of hydrogen-bond donors (Lipinski definition) is 3. The lowest BCUT2D eigenvalue weighted by Crippen LogP contribution is -2.64. The van der Waals surface area contributed by atoms with Crippen LogP contribution >= 0.6 is 11.6 Å². The molecule has 2 aromatic carbocycles. The Hall–Kier alpha value is -3.71. The smallest absolute Gasteiger partial charge is 0.250 e. The second kappa shape index (κ2) is 13.4. The van der Waals surface area contributed by atoms with E-state index in [2.05, 4.69) is 27.4 Å². The summed E-state index contributed by atoms with van der Waals surface area (Å²) < 4.78 is 43.0. The summed E-state index contributed by atoms with van der Waals surface area (Å²) in [6.07, 6.45) is 3.01. The van der Waals surface area contributed by atoms with Crippen molar-refractivity contribution in [2.24, 2.45) is 0 Å². The molecule has 13 heteroatoms. The summed E-state index contributed by atoms with van der Waals surface area (Å²) in [6.45, 7) is 11.7. The fraction of sp³-hybridized carbons (Fsp3) is 0.500. The zero-order valence-electron chi connectivity index (χ0n) is 29.6. The summed E-state index contributed by atoms with van der Waals surface area (Å²) in [5.41, 5.74) is 3.84. The second-order valence-electron chi connectivity index (χ2n) is 15.3. The highest BCUT2D eigenvalue weighted by atomic mass is 35.5. The van der Waals surface area contributed by atoms with Crippen LogP contribution in [-0.2, 0) is 10.2 Å². The van der Waals surface area contributed by atoms with Crippen molar-refractivity contribution in [3.63, 3.8) is 0 Å². The molecule has 0 spiro atoms. The van der Waals surface area contributed by atoms with Gasteiger partial charge in [-0.15, -0.1) is 0 Å². The van der Waals surface area contributed by atoms with Gasteiger partial charge in [-0.25, -0.2) is 23.1 Å². The van der Waals surface area contributed by atoms with Crippen LogP contribution in [0, 0.1) is 5.82 Å². The van der Waals surface area contributed by atoms with Gasteiger partial charge in [-0.05, 0) is 103 Å². The number of imidazole rings is 1. The molecule has 1 atom stereocenters. The van der Waals surface area contributed by atoms with E-state index in [1.54, 1.807) is 6.33 Å². The number of likely N-dealkylation sites (tertiary alicyclic amines) is 1. The van der Waals surface area contributed by atoms with Gasteiger partial charge in [-0.1, -0.05) is 30.2 Å². The summed E-state index contributed by atoms with van der Waals surface area (Å²) in [4.78, 5) is 28.3. The molecular formula is C38H45ClF3N7O2. The maximum absolute atomic E-state index is 15.4. The molecule has 272 valence electrons. The molecule has 9 nitrogen and oxygen atoms in total. The van der Waals surface area contributed by atoms with Crippen molar-refractivity contribution in [1.82, 2.24) is 24.8 Å². The quantitative estimate of drug-likeness (QED) is 0.142. The minimum atomic E-state index is -2.70. The molecule has 1 saturated carbocycles. The number of aliphatic hydroxyl groups is 1. The molecule has 1 unspecified atom stereocenters. The van der Waals surface area contributed by atoms with Crippen molar-refractivity contribution in [1.29, 1.82) is 0 Å². The van der Waals surface area contributed by atoms with Crippen LogP contribution in [0.15, 0.2) is 42.7 Å². The molecule has 4 heterocycles. The normalized spacial score (nSPS) is 22.5. The minimum Gasteiger partial charge on any atom is -0.374 e. The zero-order valence-corrected chi connectivity index (χ0v) is 30.4. The van der Waals surface area contributed by atoms with Gasteiger partial charge in [0.05, 0.1) is 40.2 Å². The van der Waals surface area contributed by atoms with Gasteiger partial charge in [-0.3, -0.25) is 15.0 Å². The molecule has 3 aliphatic rings. The number of amides is 1. The van der Waals surface area contributed by atoms with Gasteiger partial charge in [0, 0.05) is 34.4 Å². The third-order valence-corrected chi connectivity index (χ3v) is 11.4. The van der Waals surface area contributed by atoms with E-state index in [-0.39, 0.29) is 39.8 Å². The van der Waals surface area contributed by atoms with E-state index in [1.807, 2.05) is 61.4 Å². The van der Waals surface area contributed by atoms with Gasteiger partial charge in [0.15, 0.2) is 5.82 Å². The Kier molecular flexibility index (Phi) is 9.35. The minimum absolute atomic E-state index is 0.00547. The van der Waals surface area contributed by atoms with Gasteiger partial charge in [0.2, 0.25) is 5.91 Å². The largest absolute Gasteiger partial charge is 0.374 e. The molecule has 0 bridgehead atoms. The maximum atomic E-state index is 15.4. The highest BCUT2D eigenvalue weighted by Crippen LogP contribution is 2.50. The van der Waals surface area contributed by atoms with Crippen molar-refractivity contribution in [3.05, 3.63) is 64.7 Å². The van der Waals surface area contributed by atoms with Crippen LogP contribution in [0.1, 0.15) is 90.1 Å². The van der Waals surface area contributed by atoms with Gasteiger partial charge < -0.3 is 19.9 Å². The van der Waals surface area contributed by atoms with E-state index < -0.39 is 30.4 Å². The van der Waals surface area contributed by atoms with E-state index >= 15 is 4.39 Å². The van der Waals surface area contributed by atoms with Crippen molar-refractivity contribution in [3.8, 4) is 11.3 Å². The van der Waals surface area contributed by atoms with Crippen molar-refractivity contribution in [2.45, 2.75) is 102 Å². The average molecular weight is 724 g/mol. The van der Waals surface area contributed by atoms with E-state index in [4.69, 9.17) is 16.6 Å². The number of anilines is 3. The van der Waals surface area contributed by atoms with E-state index in [0.717, 1.165) is 48.8 Å². The Bertz CT molecular complexity index is 1970. The van der Waals surface area contributed by atoms with Crippen LogP contribution in [0.3, 0.4) is 0 Å². The Morgan fingerprint density at radius 1 is 1.06 bits per heavy atom. The van der Waals surface area contributed by atoms with Crippen molar-refractivity contribution < 1.29 is 23.1 Å². The molecular weight excluding hydrogens is 679 g/mol. The molecule has 1 saturated heterocycles. The third-order valence-electron chi connectivity index (χ3n) is 11.0. The van der Waals surface area contributed by atoms with Gasteiger partial charge in [0.25, 0.3) is 6.43 Å². The number of fused-ring (bicyclic) bond motifs is 2. The Morgan fingerprint density at radius 3 is 2.47 bits per heavy atom. The van der Waals surface area contributed by atoms with Crippen LogP contribution in [0.4, 0.5) is 30.4 Å². The zero-order chi connectivity index (χ0) is 36.4. The molecule has 2 fully saturated rings. The fourth-order valence-electron chi connectivity index (χ4n) is 8.13. The van der Waals surface area contributed by atoms with E-state index in [1.165, 1.54) is 25.3 Å². The summed E-state index contributed by atoms with van der Waals surface area (Å²) >= 11 is 6.23. The first kappa shape index (κ1) is 35.7. The molecule has 1 amide bonds. The number of nitrogens with zero attached hydrogens (tertiary/aromatic N) is 5. The van der Waals surface area contributed by atoms with Crippen LogP contribution in [-0.4, -0.2) is 68.1 Å². The molecule has 2 aliphatic heterocycles. The molecule has 3 N–H and O–H groups in total. The number of halogens is 4. The van der Waals surface area contributed by atoms with Crippen molar-refractivity contribution in [2.75, 3.05) is 29.9 Å². The SMILES string of the molecule is CC(C)n1cnc2cc(-c3ccc4c(c3)N(C3CC(C)(N5CCCCC5)C3)C(=O)C4(C)C)nc(Nc3cc(C(O)NCC(F)F)c(Cl)cc3F)c21. The summed E-state index contributed by atoms with van der Waals surface area (Å²) in [5, 5.41) is 15.8. The van der Waals surface area contributed by atoms with E-state index in [0.29, 0.717) is 22.5 Å². The van der Waals surface area contributed by atoms with Crippen LogP contribution in [0.2, 0.25) is 5.02 Å². The average Bonchev–Trinajstić information content (AvgIpc) is 3.60. The lowest BCUT2D eigenvalue weighted by Gasteiger charge is -2.55. The van der Waals surface area contributed by atoms with Gasteiger partial charge in [-0.2, -0.15) is 0 Å². The Morgan fingerprint density at radius 2 is 1.78 bits per heavy atom. The fourth-order valence-corrected chi connectivity index (χ4v) is 8.39. The molecule has 4 aromatic rings. The van der Waals surface area contributed by atoms with E-state index in [9.17, 15) is 18.7 Å². The number of hydrogen-bond acceptors (Lipinski definition) is 7. The van der Waals surface area contributed by atoms with Crippen LogP contribution < -0.4 is 15.5 Å². The standard InChI is InChI=1S/C38H45ClF3N7O2/c1-21(2)48-20-44-30-16-28(45-34(33(30)48)46-29-14-24(26(39)15-27(29)40)35(50)43-19-32(41)42)22-9-10-25-31(13-22)49(36(51)37(25,3)4)23-17-38(5,18-23)47-11-7-6-8-12-47/h9-10,13-16,20-21,23,32,35,43,50H,6-8,11-12,17-19H2,1-5H3,(H,45,46). The predicted molar refractivity (Wildman–Crippen MR) is 194 cm³/mol.